The van der Waals surface area contributed by atoms with E-state index in [4.69, 9.17) is 9.72 Å². The van der Waals surface area contributed by atoms with Crippen LogP contribution in [-0.4, -0.2) is 47.4 Å². The second kappa shape index (κ2) is 6.86. The second-order valence-electron chi connectivity index (χ2n) is 6.20. The van der Waals surface area contributed by atoms with Gasteiger partial charge in [0.2, 0.25) is 0 Å². The normalized spacial score (nSPS) is 26.6. The van der Waals surface area contributed by atoms with E-state index >= 15 is 0 Å². The number of ether oxygens (including phenoxy) is 1. The van der Waals surface area contributed by atoms with Crippen LogP contribution in [0, 0.1) is 0 Å². The molecule has 0 aromatic carbocycles. The van der Waals surface area contributed by atoms with Crippen molar-refractivity contribution in [2.45, 2.75) is 51.1 Å². The molecule has 1 N–H and O–H groups in total. The quantitative estimate of drug-likeness (QED) is 0.902. The smallest absolute Gasteiger partial charge is 0.0587 e. The van der Waals surface area contributed by atoms with E-state index in [1.165, 1.54) is 17.7 Å². The summed E-state index contributed by atoms with van der Waals surface area (Å²) in [4.78, 5) is 7.28. The lowest BCUT2D eigenvalue weighted by atomic mass is 9.96. The van der Waals surface area contributed by atoms with Gasteiger partial charge in [-0.1, -0.05) is 13.0 Å². The Morgan fingerprint density at radius 1 is 1.38 bits per heavy atom. The minimum absolute atomic E-state index is 0.259. The highest BCUT2D eigenvalue weighted by molar-refractivity contribution is 5.28. The van der Waals surface area contributed by atoms with Crippen molar-refractivity contribution in [1.29, 1.82) is 0 Å². The van der Waals surface area contributed by atoms with Crippen molar-refractivity contribution >= 4 is 0 Å². The number of aromatic nitrogens is 1. The molecule has 4 heteroatoms. The first-order valence-electron chi connectivity index (χ1n) is 8.23. The van der Waals surface area contributed by atoms with Gasteiger partial charge < -0.3 is 9.84 Å². The van der Waals surface area contributed by atoms with Gasteiger partial charge in [0.05, 0.1) is 18.9 Å². The Labute approximate surface area is 127 Å². The lowest BCUT2D eigenvalue weighted by Crippen LogP contribution is -2.32. The van der Waals surface area contributed by atoms with Gasteiger partial charge in [0.25, 0.3) is 0 Å². The molecule has 116 valence electrons. The van der Waals surface area contributed by atoms with E-state index in [0.29, 0.717) is 12.0 Å². The number of likely N-dealkylation sites (tertiary alicyclic amines) is 1. The fourth-order valence-corrected chi connectivity index (χ4v) is 3.53. The van der Waals surface area contributed by atoms with Crippen molar-refractivity contribution in [3.05, 3.63) is 29.1 Å². The Kier molecular flexibility index (Phi) is 4.88. The Bertz CT molecular complexity index is 472. The van der Waals surface area contributed by atoms with E-state index in [1.807, 2.05) is 0 Å². The summed E-state index contributed by atoms with van der Waals surface area (Å²) in [6.07, 6.45) is 4.36. The third-order valence-electron chi connectivity index (χ3n) is 4.86. The van der Waals surface area contributed by atoms with Gasteiger partial charge in [0.15, 0.2) is 0 Å². The molecule has 0 amide bonds. The summed E-state index contributed by atoms with van der Waals surface area (Å²) < 4.78 is 5.55. The molecule has 0 spiro atoms. The van der Waals surface area contributed by atoms with Gasteiger partial charge in [0.1, 0.15) is 0 Å². The Balaban J connectivity index is 1.83. The van der Waals surface area contributed by atoms with Crippen LogP contribution >= 0.6 is 0 Å². The van der Waals surface area contributed by atoms with Gasteiger partial charge in [-0.3, -0.25) is 9.88 Å². The van der Waals surface area contributed by atoms with Crippen molar-refractivity contribution in [1.82, 2.24) is 9.88 Å². The highest BCUT2D eigenvalue weighted by Crippen LogP contribution is 2.29. The first kappa shape index (κ1) is 14.9. The maximum absolute atomic E-state index is 9.51. The highest BCUT2D eigenvalue weighted by atomic mass is 16.5. The number of pyridine rings is 1. The van der Waals surface area contributed by atoms with Crippen LogP contribution in [0.4, 0.5) is 0 Å². The van der Waals surface area contributed by atoms with Crippen LogP contribution in [0.3, 0.4) is 0 Å². The monoisotopic (exact) mass is 290 g/mol. The average molecular weight is 290 g/mol. The zero-order valence-corrected chi connectivity index (χ0v) is 12.9. The minimum Gasteiger partial charge on any atom is -0.395 e. The van der Waals surface area contributed by atoms with E-state index in [9.17, 15) is 5.11 Å². The zero-order chi connectivity index (χ0) is 14.7. The lowest BCUT2D eigenvalue weighted by molar-refractivity contribution is 0.151. The van der Waals surface area contributed by atoms with Crippen LogP contribution in [0.1, 0.15) is 49.1 Å². The van der Waals surface area contributed by atoms with E-state index in [1.54, 1.807) is 0 Å². The summed E-state index contributed by atoms with van der Waals surface area (Å²) in [5.41, 5.74) is 3.71. The molecule has 2 aliphatic rings. The van der Waals surface area contributed by atoms with E-state index in [2.05, 4.69) is 24.0 Å². The molecule has 2 fully saturated rings. The highest BCUT2D eigenvalue weighted by Gasteiger charge is 2.27. The Hall–Kier alpha value is -0.970. The molecule has 0 bridgehead atoms. The topological polar surface area (TPSA) is 45.6 Å². The maximum Gasteiger partial charge on any atom is 0.0587 e. The molecule has 3 rings (SSSR count). The van der Waals surface area contributed by atoms with Crippen LogP contribution in [0.15, 0.2) is 12.1 Å². The van der Waals surface area contributed by atoms with Crippen LogP contribution in [0.25, 0.3) is 0 Å². The molecule has 1 aromatic heterocycles. The predicted molar refractivity (Wildman–Crippen MR) is 82.3 cm³/mol. The summed E-state index contributed by atoms with van der Waals surface area (Å²) in [5, 5.41) is 9.51. The van der Waals surface area contributed by atoms with Crippen LogP contribution < -0.4 is 0 Å². The van der Waals surface area contributed by atoms with Crippen molar-refractivity contribution < 1.29 is 9.84 Å². The lowest BCUT2D eigenvalue weighted by Gasteiger charge is -2.24. The Morgan fingerprint density at radius 2 is 2.29 bits per heavy atom. The molecule has 0 unspecified atom stereocenters. The van der Waals surface area contributed by atoms with Crippen LogP contribution in [0.2, 0.25) is 0 Å². The summed E-state index contributed by atoms with van der Waals surface area (Å²) in [6, 6.07) is 4.72. The molecule has 2 atom stereocenters. The molecule has 0 aliphatic carbocycles. The summed E-state index contributed by atoms with van der Waals surface area (Å²) in [7, 11) is 0. The van der Waals surface area contributed by atoms with Gasteiger partial charge >= 0.3 is 0 Å². The predicted octanol–water partition coefficient (Wildman–Crippen LogP) is 2.10. The summed E-state index contributed by atoms with van der Waals surface area (Å²) >= 11 is 0. The number of hydrogen-bond donors (Lipinski definition) is 1. The third-order valence-corrected chi connectivity index (χ3v) is 4.86. The van der Waals surface area contributed by atoms with Gasteiger partial charge in [-0.2, -0.15) is 0 Å². The second-order valence-corrected chi connectivity index (χ2v) is 6.20. The molecule has 4 nitrogen and oxygen atoms in total. The first-order chi connectivity index (χ1) is 10.3. The number of hydrogen-bond acceptors (Lipinski definition) is 4. The molecule has 2 saturated heterocycles. The molecule has 0 saturated carbocycles. The van der Waals surface area contributed by atoms with Gasteiger partial charge in [-0.25, -0.2) is 0 Å². The average Bonchev–Trinajstić information content (AvgIpc) is 3.18. The van der Waals surface area contributed by atoms with Gasteiger partial charge in [-0.15, -0.1) is 0 Å². The number of rotatable bonds is 5. The zero-order valence-electron chi connectivity index (χ0n) is 12.9. The fraction of sp³-hybridized carbons (Fsp3) is 0.706. The maximum atomic E-state index is 9.51. The first-order valence-corrected chi connectivity index (χ1v) is 8.23. The molecule has 1 aromatic rings. The summed E-state index contributed by atoms with van der Waals surface area (Å²) in [5.74, 6) is 0.494. The summed E-state index contributed by atoms with van der Waals surface area (Å²) in [6.45, 7) is 6.03. The standard InChI is InChI=1S/C17H26N2O2/c1-2-14-5-6-16(13-7-9-21-12-13)17(18-14)10-19-8-3-4-15(19)11-20/h5-6,13,15,20H,2-4,7-12H2,1H3/t13-,15-/m1/s1. The van der Waals surface area contributed by atoms with E-state index in [-0.39, 0.29) is 6.61 Å². The van der Waals surface area contributed by atoms with E-state index in [0.717, 1.165) is 51.3 Å². The van der Waals surface area contributed by atoms with Gasteiger partial charge in [0, 0.05) is 30.8 Å². The molecule has 21 heavy (non-hydrogen) atoms. The number of aliphatic hydroxyl groups excluding tert-OH is 1. The van der Waals surface area contributed by atoms with Crippen molar-refractivity contribution in [3.8, 4) is 0 Å². The minimum atomic E-state index is 0.259. The SMILES string of the molecule is CCc1ccc([C@@H]2CCOC2)c(CN2CCC[C@@H]2CO)n1. The van der Waals surface area contributed by atoms with E-state index < -0.39 is 0 Å². The van der Waals surface area contributed by atoms with Crippen molar-refractivity contribution in [3.63, 3.8) is 0 Å². The molecular weight excluding hydrogens is 264 g/mol. The molecule has 2 aliphatic heterocycles. The number of aliphatic hydroxyl groups is 1. The number of nitrogens with zero attached hydrogens (tertiary/aromatic N) is 2. The van der Waals surface area contributed by atoms with Crippen LogP contribution in [0.5, 0.6) is 0 Å². The number of aryl methyl sites for hydroxylation is 1. The van der Waals surface area contributed by atoms with Gasteiger partial charge in [-0.05, 0) is 43.9 Å². The fourth-order valence-electron chi connectivity index (χ4n) is 3.53. The molecule has 3 heterocycles. The van der Waals surface area contributed by atoms with Crippen molar-refractivity contribution in [2.24, 2.45) is 0 Å². The third kappa shape index (κ3) is 3.28. The largest absolute Gasteiger partial charge is 0.395 e. The van der Waals surface area contributed by atoms with Crippen LogP contribution in [-0.2, 0) is 17.7 Å². The van der Waals surface area contributed by atoms with Crippen molar-refractivity contribution in [2.75, 3.05) is 26.4 Å². The molecule has 0 radical (unpaired) electrons. The Morgan fingerprint density at radius 3 is 3.00 bits per heavy atom. The molecular formula is C17H26N2O2.